The summed E-state index contributed by atoms with van der Waals surface area (Å²) in [5.41, 5.74) is 3.54. The maximum absolute atomic E-state index is 4.13. The van der Waals surface area contributed by atoms with Crippen molar-refractivity contribution in [1.82, 2.24) is 15.5 Å². The topological polar surface area (TPSA) is 40.7 Å². The molecular formula is C14H19N3. The first-order chi connectivity index (χ1) is 8.42. The minimum Gasteiger partial charge on any atom is -0.313 e. The number of hydrogen-bond donors (Lipinski definition) is 2. The summed E-state index contributed by atoms with van der Waals surface area (Å²) < 4.78 is 0. The highest BCUT2D eigenvalue weighted by atomic mass is 15.1. The van der Waals surface area contributed by atoms with Gasteiger partial charge in [-0.2, -0.15) is 5.10 Å². The van der Waals surface area contributed by atoms with Gasteiger partial charge in [-0.15, -0.1) is 0 Å². The van der Waals surface area contributed by atoms with E-state index in [1.165, 1.54) is 24.0 Å². The van der Waals surface area contributed by atoms with Crippen LogP contribution in [0.1, 0.15) is 25.3 Å². The third-order valence-electron chi connectivity index (χ3n) is 2.80. The summed E-state index contributed by atoms with van der Waals surface area (Å²) in [7, 11) is 0. The molecule has 2 rings (SSSR count). The van der Waals surface area contributed by atoms with Gasteiger partial charge in [0, 0.05) is 12.1 Å². The van der Waals surface area contributed by atoms with Crippen LogP contribution in [0.3, 0.4) is 0 Å². The molecule has 0 amide bonds. The van der Waals surface area contributed by atoms with Crippen molar-refractivity contribution < 1.29 is 0 Å². The molecule has 17 heavy (non-hydrogen) atoms. The second-order valence-corrected chi connectivity index (χ2v) is 4.17. The van der Waals surface area contributed by atoms with Crippen LogP contribution in [0.5, 0.6) is 0 Å². The van der Waals surface area contributed by atoms with Gasteiger partial charge in [0.25, 0.3) is 0 Å². The Morgan fingerprint density at radius 3 is 2.82 bits per heavy atom. The summed E-state index contributed by atoms with van der Waals surface area (Å²) in [5.74, 6) is 0. The molecule has 3 heteroatoms. The molecule has 2 aromatic rings. The fraction of sp³-hybridized carbons (Fsp3) is 0.357. The molecule has 0 aliphatic carbocycles. The van der Waals surface area contributed by atoms with Crippen LogP contribution in [0.4, 0.5) is 0 Å². The lowest BCUT2D eigenvalue weighted by Gasteiger charge is -2.05. The number of nitrogens with zero attached hydrogens (tertiary/aromatic N) is 1. The molecule has 3 nitrogen and oxygen atoms in total. The van der Waals surface area contributed by atoms with E-state index in [1.807, 2.05) is 24.4 Å². The van der Waals surface area contributed by atoms with Crippen molar-refractivity contribution in [3.05, 3.63) is 42.1 Å². The summed E-state index contributed by atoms with van der Waals surface area (Å²) in [6.07, 6.45) is 4.35. The first-order valence-corrected chi connectivity index (χ1v) is 6.20. The average Bonchev–Trinajstić information content (AvgIpc) is 2.84. The third kappa shape index (κ3) is 3.17. The van der Waals surface area contributed by atoms with Gasteiger partial charge in [0.1, 0.15) is 0 Å². The van der Waals surface area contributed by atoms with Crippen LogP contribution in [0.15, 0.2) is 36.5 Å². The zero-order valence-corrected chi connectivity index (χ0v) is 10.2. The predicted molar refractivity (Wildman–Crippen MR) is 70.6 cm³/mol. The molecular weight excluding hydrogens is 210 g/mol. The average molecular weight is 229 g/mol. The molecule has 0 spiro atoms. The van der Waals surface area contributed by atoms with Crippen molar-refractivity contribution in [1.29, 1.82) is 0 Å². The van der Waals surface area contributed by atoms with Crippen molar-refractivity contribution in [2.45, 2.75) is 26.3 Å². The Morgan fingerprint density at radius 2 is 2.06 bits per heavy atom. The lowest BCUT2D eigenvalue weighted by molar-refractivity contribution is 0.642. The molecule has 0 atom stereocenters. The van der Waals surface area contributed by atoms with Crippen molar-refractivity contribution in [3.8, 4) is 11.3 Å². The van der Waals surface area contributed by atoms with Crippen molar-refractivity contribution in [2.75, 3.05) is 6.54 Å². The van der Waals surface area contributed by atoms with Crippen LogP contribution in [-0.2, 0) is 6.54 Å². The maximum atomic E-state index is 4.13. The van der Waals surface area contributed by atoms with Gasteiger partial charge in [-0.25, -0.2) is 0 Å². The van der Waals surface area contributed by atoms with E-state index in [0.717, 1.165) is 18.8 Å². The van der Waals surface area contributed by atoms with E-state index < -0.39 is 0 Å². The Morgan fingerprint density at radius 1 is 1.24 bits per heavy atom. The Labute approximate surface area is 102 Å². The van der Waals surface area contributed by atoms with Crippen LogP contribution in [-0.4, -0.2) is 16.7 Å². The number of aromatic amines is 1. The third-order valence-corrected chi connectivity index (χ3v) is 2.80. The van der Waals surface area contributed by atoms with Gasteiger partial charge in [-0.1, -0.05) is 43.7 Å². The Kier molecular flexibility index (Phi) is 4.33. The molecule has 1 aromatic heterocycles. The van der Waals surface area contributed by atoms with E-state index in [-0.39, 0.29) is 0 Å². The number of benzene rings is 1. The normalized spacial score (nSPS) is 10.6. The molecule has 0 unspecified atom stereocenters. The number of aromatic nitrogens is 2. The predicted octanol–water partition coefficient (Wildman–Crippen LogP) is 2.97. The number of hydrogen-bond acceptors (Lipinski definition) is 2. The molecule has 0 aliphatic heterocycles. The van der Waals surface area contributed by atoms with E-state index in [2.05, 4.69) is 34.6 Å². The van der Waals surface area contributed by atoms with Gasteiger partial charge >= 0.3 is 0 Å². The highest BCUT2D eigenvalue weighted by molar-refractivity contribution is 5.62. The molecule has 0 aliphatic rings. The van der Waals surface area contributed by atoms with Crippen molar-refractivity contribution in [2.24, 2.45) is 0 Å². The summed E-state index contributed by atoms with van der Waals surface area (Å²) in [6.45, 7) is 4.14. The molecule has 1 heterocycles. The summed E-state index contributed by atoms with van der Waals surface area (Å²) in [4.78, 5) is 0. The first-order valence-electron chi connectivity index (χ1n) is 6.20. The monoisotopic (exact) mass is 229 g/mol. The molecule has 0 fully saturated rings. The molecule has 0 saturated carbocycles. The summed E-state index contributed by atoms with van der Waals surface area (Å²) in [6, 6.07) is 10.3. The Hall–Kier alpha value is -1.61. The quantitative estimate of drug-likeness (QED) is 0.748. The zero-order chi connectivity index (χ0) is 11.9. The number of nitrogens with one attached hydrogen (secondary N) is 2. The molecule has 0 radical (unpaired) electrons. The minimum atomic E-state index is 0.876. The number of H-pyrrole nitrogens is 1. The molecule has 0 saturated heterocycles. The maximum Gasteiger partial charge on any atom is 0.0695 e. The second-order valence-electron chi connectivity index (χ2n) is 4.17. The second kappa shape index (κ2) is 6.21. The summed E-state index contributed by atoms with van der Waals surface area (Å²) in [5, 5.41) is 10.6. The Bertz CT molecular complexity index is 434. The minimum absolute atomic E-state index is 0.876. The van der Waals surface area contributed by atoms with Gasteiger partial charge < -0.3 is 5.32 Å². The summed E-state index contributed by atoms with van der Waals surface area (Å²) >= 11 is 0. The van der Waals surface area contributed by atoms with Crippen LogP contribution in [0.25, 0.3) is 11.3 Å². The molecule has 0 bridgehead atoms. The SMILES string of the molecule is CCCCNCc1cn[nH]c1-c1ccccc1. The highest BCUT2D eigenvalue weighted by Crippen LogP contribution is 2.20. The lowest BCUT2D eigenvalue weighted by Crippen LogP contribution is -2.14. The van der Waals surface area contributed by atoms with Gasteiger partial charge in [0.05, 0.1) is 11.9 Å². The molecule has 90 valence electrons. The first kappa shape index (κ1) is 11.9. The smallest absolute Gasteiger partial charge is 0.0695 e. The van der Waals surface area contributed by atoms with E-state index in [1.54, 1.807) is 0 Å². The van der Waals surface area contributed by atoms with Crippen LogP contribution in [0, 0.1) is 0 Å². The lowest BCUT2D eigenvalue weighted by atomic mass is 10.1. The van der Waals surface area contributed by atoms with Gasteiger partial charge in [-0.3, -0.25) is 5.10 Å². The Balaban J connectivity index is 2.02. The zero-order valence-electron chi connectivity index (χ0n) is 10.2. The van der Waals surface area contributed by atoms with E-state index in [9.17, 15) is 0 Å². The number of unbranched alkanes of at least 4 members (excludes halogenated alkanes) is 1. The fourth-order valence-corrected chi connectivity index (χ4v) is 1.82. The highest BCUT2D eigenvalue weighted by Gasteiger charge is 2.06. The van der Waals surface area contributed by atoms with E-state index in [0.29, 0.717) is 0 Å². The molecule has 1 aromatic carbocycles. The van der Waals surface area contributed by atoms with Crippen molar-refractivity contribution in [3.63, 3.8) is 0 Å². The number of rotatable bonds is 6. The largest absolute Gasteiger partial charge is 0.313 e. The van der Waals surface area contributed by atoms with E-state index >= 15 is 0 Å². The molecule has 2 N–H and O–H groups in total. The van der Waals surface area contributed by atoms with Gasteiger partial charge in [-0.05, 0) is 18.5 Å². The van der Waals surface area contributed by atoms with E-state index in [4.69, 9.17) is 0 Å². The van der Waals surface area contributed by atoms with Crippen LogP contribution in [0.2, 0.25) is 0 Å². The van der Waals surface area contributed by atoms with Crippen molar-refractivity contribution >= 4 is 0 Å². The standard InChI is InChI=1S/C14H19N3/c1-2-3-9-15-10-13-11-16-17-14(13)12-7-5-4-6-8-12/h4-8,11,15H,2-3,9-10H2,1H3,(H,16,17). The van der Waals surface area contributed by atoms with Crippen LogP contribution >= 0.6 is 0 Å². The fourth-order valence-electron chi connectivity index (χ4n) is 1.82. The van der Waals surface area contributed by atoms with Crippen LogP contribution < -0.4 is 5.32 Å². The van der Waals surface area contributed by atoms with Gasteiger partial charge in [0.2, 0.25) is 0 Å². The van der Waals surface area contributed by atoms with Gasteiger partial charge in [0.15, 0.2) is 0 Å².